The lowest BCUT2D eigenvalue weighted by molar-refractivity contribution is -0.137. The Labute approximate surface area is 108 Å². The summed E-state index contributed by atoms with van der Waals surface area (Å²) < 4.78 is 0. The van der Waals surface area contributed by atoms with Crippen LogP contribution >= 0.6 is 0 Å². The minimum absolute atomic E-state index is 0.0800. The minimum atomic E-state index is -0.288. The van der Waals surface area contributed by atoms with E-state index in [0.717, 1.165) is 19.3 Å². The van der Waals surface area contributed by atoms with Crippen LogP contribution < -0.4 is 11.5 Å². The molecule has 4 unspecified atom stereocenters. The molecule has 1 aliphatic heterocycles. The lowest BCUT2D eigenvalue weighted by Gasteiger charge is -2.34. The lowest BCUT2D eigenvalue weighted by Crippen LogP contribution is -2.42. The van der Waals surface area contributed by atoms with Crippen LogP contribution in [0.15, 0.2) is 0 Å². The summed E-state index contributed by atoms with van der Waals surface area (Å²) in [5.74, 6) is 0.169. The highest BCUT2D eigenvalue weighted by Crippen LogP contribution is 2.32. The van der Waals surface area contributed by atoms with Gasteiger partial charge in [0.25, 0.3) is 0 Å². The van der Waals surface area contributed by atoms with Crippen LogP contribution in [0.5, 0.6) is 0 Å². The van der Waals surface area contributed by atoms with Crippen molar-refractivity contribution >= 4 is 11.8 Å². The fourth-order valence-electron chi connectivity index (χ4n) is 3.23. The zero-order valence-electron chi connectivity index (χ0n) is 11.0. The van der Waals surface area contributed by atoms with Gasteiger partial charge in [-0.15, -0.1) is 0 Å². The molecule has 0 bridgehead atoms. The number of hydrogen-bond acceptors (Lipinski definition) is 3. The Morgan fingerprint density at radius 3 is 2.50 bits per heavy atom. The van der Waals surface area contributed by atoms with E-state index in [4.69, 9.17) is 11.5 Å². The van der Waals surface area contributed by atoms with Gasteiger partial charge in [0.2, 0.25) is 11.8 Å². The minimum Gasteiger partial charge on any atom is -0.369 e. The van der Waals surface area contributed by atoms with Crippen molar-refractivity contribution < 1.29 is 9.59 Å². The van der Waals surface area contributed by atoms with Crippen molar-refractivity contribution in [1.82, 2.24) is 4.90 Å². The third kappa shape index (κ3) is 2.66. The molecule has 102 valence electrons. The number of likely N-dealkylation sites (tertiary alicyclic amines) is 1. The molecule has 5 nitrogen and oxygen atoms in total. The molecule has 2 amide bonds. The summed E-state index contributed by atoms with van der Waals surface area (Å²) in [5.41, 5.74) is 11.2. The van der Waals surface area contributed by atoms with Gasteiger partial charge in [-0.25, -0.2) is 0 Å². The topological polar surface area (TPSA) is 89.4 Å². The highest BCUT2D eigenvalue weighted by atomic mass is 16.2. The maximum absolute atomic E-state index is 12.4. The van der Waals surface area contributed by atoms with Crippen LogP contribution in [0, 0.1) is 17.8 Å². The number of nitrogens with two attached hydrogens (primary N) is 2. The number of carbonyl (C=O) groups is 2. The number of primary amides is 1. The average Bonchev–Trinajstić information content (AvgIpc) is 2.77. The first-order chi connectivity index (χ1) is 8.49. The van der Waals surface area contributed by atoms with Gasteiger partial charge < -0.3 is 16.4 Å². The zero-order chi connectivity index (χ0) is 13.3. The Morgan fingerprint density at radius 2 is 1.94 bits per heavy atom. The third-order valence-electron chi connectivity index (χ3n) is 4.43. The molecular formula is C13H23N3O2. The normalized spacial score (nSPS) is 36.7. The van der Waals surface area contributed by atoms with Crippen molar-refractivity contribution in [3.8, 4) is 0 Å². The van der Waals surface area contributed by atoms with E-state index in [9.17, 15) is 9.59 Å². The third-order valence-corrected chi connectivity index (χ3v) is 4.43. The average molecular weight is 253 g/mol. The van der Waals surface area contributed by atoms with Crippen molar-refractivity contribution in [1.29, 1.82) is 0 Å². The van der Waals surface area contributed by atoms with E-state index in [2.05, 4.69) is 6.92 Å². The molecule has 5 heteroatoms. The standard InChI is InChI=1S/C13H23N3O2/c1-8-6-10(14)2-3-11(8)13(18)16-5-4-9(7-16)12(15)17/h8-11H,2-7,14H2,1H3,(H2,15,17). The van der Waals surface area contributed by atoms with Gasteiger partial charge in [0.15, 0.2) is 0 Å². The molecule has 0 aromatic rings. The van der Waals surface area contributed by atoms with E-state index in [1.807, 2.05) is 4.90 Å². The van der Waals surface area contributed by atoms with E-state index in [1.54, 1.807) is 0 Å². The Morgan fingerprint density at radius 1 is 1.22 bits per heavy atom. The van der Waals surface area contributed by atoms with Gasteiger partial charge in [-0.3, -0.25) is 9.59 Å². The number of amides is 2. The predicted molar refractivity (Wildman–Crippen MR) is 68.4 cm³/mol. The highest BCUT2D eigenvalue weighted by molar-refractivity contribution is 5.82. The van der Waals surface area contributed by atoms with E-state index in [0.29, 0.717) is 25.4 Å². The van der Waals surface area contributed by atoms with Gasteiger partial charge in [0.1, 0.15) is 0 Å². The second-order valence-corrected chi connectivity index (χ2v) is 5.83. The van der Waals surface area contributed by atoms with Crippen molar-refractivity contribution in [3.05, 3.63) is 0 Å². The molecule has 0 spiro atoms. The fourth-order valence-corrected chi connectivity index (χ4v) is 3.23. The van der Waals surface area contributed by atoms with Gasteiger partial charge in [0.05, 0.1) is 5.92 Å². The van der Waals surface area contributed by atoms with Crippen LogP contribution in [0.1, 0.15) is 32.6 Å². The molecule has 2 rings (SSSR count). The monoisotopic (exact) mass is 253 g/mol. The molecule has 1 saturated carbocycles. The highest BCUT2D eigenvalue weighted by Gasteiger charge is 2.37. The van der Waals surface area contributed by atoms with Gasteiger partial charge in [0, 0.05) is 25.0 Å². The molecule has 4 N–H and O–H groups in total. The summed E-state index contributed by atoms with van der Waals surface area (Å²) in [6.07, 6.45) is 3.43. The quantitative estimate of drug-likeness (QED) is 0.730. The predicted octanol–water partition coefficient (Wildman–Crippen LogP) is 0.0837. The molecule has 4 atom stereocenters. The number of rotatable bonds is 2. The second-order valence-electron chi connectivity index (χ2n) is 5.83. The largest absolute Gasteiger partial charge is 0.369 e. The number of nitrogens with zero attached hydrogens (tertiary/aromatic N) is 1. The first-order valence-electron chi connectivity index (χ1n) is 6.82. The zero-order valence-corrected chi connectivity index (χ0v) is 11.0. The molecule has 1 heterocycles. The maximum Gasteiger partial charge on any atom is 0.225 e. The smallest absolute Gasteiger partial charge is 0.225 e. The van der Waals surface area contributed by atoms with E-state index < -0.39 is 0 Å². The molecule has 18 heavy (non-hydrogen) atoms. The maximum atomic E-state index is 12.4. The van der Waals surface area contributed by atoms with Crippen molar-refractivity contribution in [2.45, 2.75) is 38.6 Å². The van der Waals surface area contributed by atoms with Gasteiger partial charge >= 0.3 is 0 Å². The molecule has 1 saturated heterocycles. The summed E-state index contributed by atoms with van der Waals surface area (Å²) in [6, 6.07) is 0.237. The summed E-state index contributed by atoms with van der Waals surface area (Å²) in [5, 5.41) is 0. The van der Waals surface area contributed by atoms with Crippen molar-refractivity contribution in [2.75, 3.05) is 13.1 Å². The molecule has 2 aliphatic rings. The van der Waals surface area contributed by atoms with Gasteiger partial charge in [-0.1, -0.05) is 6.92 Å². The van der Waals surface area contributed by atoms with Crippen molar-refractivity contribution in [2.24, 2.45) is 29.2 Å². The lowest BCUT2D eigenvalue weighted by atomic mass is 9.77. The van der Waals surface area contributed by atoms with Crippen LogP contribution in [0.2, 0.25) is 0 Å². The summed E-state index contributed by atoms with van der Waals surface area (Å²) >= 11 is 0. The summed E-state index contributed by atoms with van der Waals surface area (Å²) in [4.78, 5) is 25.4. The molecule has 1 aliphatic carbocycles. The van der Waals surface area contributed by atoms with Crippen molar-refractivity contribution in [3.63, 3.8) is 0 Å². The van der Waals surface area contributed by atoms with E-state index in [1.165, 1.54) is 0 Å². The summed E-state index contributed by atoms with van der Waals surface area (Å²) in [6.45, 7) is 3.27. The molecule has 0 radical (unpaired) electrons. The van der Waals surface area contributed by atoms with Crippen LogP contribution in [0.4, 0.5) is 0 Å². The van der Waals surface area contributed by atoms with Crippen LogP contribution in [0.25, 0.3) is 0 Å². The Kier molecular flexibility index (Phi) is 3.90. The Bertz CT molecular complexity index is 345. The van der Waals surface area contributed by atoms with Crippen LogP contribution in [-0.2, 0) is 9.59 Å². The second kappa shape index (κ2) is 5.26. The molecule has 2 fully saturated rings. The molecular weight excluding hydrogens is 230 g/mol. The van der Waals surface area contributed by atoms with Gasteiger partial charge in [-0.2, -0.15) is 0 Å². The Hall–Kier alpha value is -1.10. The number of hydrogen-bond donors (Lipinski definition) is 2. The Balaban J connectivity index is 1.94. The van der Waals surface area contributed by atoms with Gasteiger partial charge in [-0.05, 0) is 31.6 Å². The summed E-state index contributed by atoms with van der Waals surface area (Å²) in [7, 11) is 0. The SMILES string of the molecule is CC1CC(N)CCC1C(=O)N1CCC(C(N)=O)C1. The first kappa shape index (κ1) is 13.3. The molecule has 0 aromatic heterocycles. The van der Waals surface area contributed by atoms with E-state index in [-0.39, 0.29) is 29.7 Å². The van der Waals surface area contributed by atoms with E-state index >= 15 is 0 Å². The number of carbonyl (C=O) groups excluding carboxylic acids is 2. The van der Waals surface area contributed by atoms with Crippen LogP contribution in [-0.4, -0.2) is 35.8 Å². The molecule has 0 aromatic carbocycles. The van der Waals surface area contributed by atoms with Crippen LogP contribution in [0.3, 0.4) is 0 Å². The first-order valence-corrected chi connectivity index (χ1v) is 6.82. The fraction of sp³-hybridized carbons (Fsp3) is 0.846.